The highest BCUT2D eigenvalue weighted by atomic mass is 16.2. The third-order valence-electron chi connectivity index (χ3n) is 4.91. The summed E-state index contributed by atoms with van der Waals surface area (Å²) in [6.07, 6.45) is 5.63. The molecule has 1 aromatic carbocycles. The van der Waals surface area contributed by atoms with Crippen molar-refractivity contribution >= 4 is 11.7 Å². The molecule has 118 valence electrons. The van der Waals surface area contributed by atoms with Crippen LogP contribution in [0, 0.1) is 5.41 Å². The second kappa shape index (κ2) is 5.65. The van der Waals surface area contributed by atoms with Gasteiger partial charge in [0.05, 0.1) is 0 Å². The summed E-state index contributed by atoms with van der Waals surface area (Å²) in [5.41, 5.74) is 1.02. The third kappa shape index (κ3) is 2.67. The second-order valence-corrected chi connectivity index (χ2v) is 6.62. The van der Waals surface area contributed by atoms with Gasteiger partial charge in [0.25, 0.3) is 5.91 Å². The summed E-state index contributed by atoms with van der Waals surface area (Å²) in [5, 5.41) is 0. The SMILES string of the molecule is O=C(c1ccccc1)N1CCCC2(C1)CN(c1ccncn1)C2. The molecule has 4 rings (SSSR count). The Morgan fingerprint density at radius 1 is 1.09 bits per heavy atom. The Kier molecular flexibility index (Phi) is 3.48. The van der Waals surface area contributed by atoms with Gasteiger partial charge >= 0.3 is 0 Å². The van der Waals surface area contributed by atoms with Crippen LogP contribution in [0.5, 0.6) is 0 Å². The van der Waals surface area contributed by atoms with Crippen LogP contribution in [0.2, 0.25) is 0 Å². The number of amides is 1. The molecule has 0 bridgehead atoms. The van der Waals surface area contributed by atoms with E-state index in [1.807, 2.05) is 41.3 Å². The maximum Gasteiger partial charge on any atom is 0.253 e. The molecule has 3 heterocycles. The lowest BCUT2D eigenvalue weighted by Gasteiger charge is -2.55. The van der Waals surface area contributed by atoms with Crippen LogP contribution in [-0.2, 0) is 0 Å². The van der Waals surface area contributed by atoms with Gasteiger partial charge in [-0.15, -0.1) is 0 Å². The van der Waals surface area contributed by atoms with Gasteiger partial charge < -0.3 is 9.80 Å². The van der Waals surface area contributed by atoms with Gasteiger partial charge in [0.2, 0.25) is 0 Å². The van der Waals surface area contributed by atoms with E-state index in [2.05, 4.69) is 14.9 Å². The lowest BCUT2D eigenvalue weighted by atomic mass is 9.73. The van der Waals surface area contributed by atoms with Gasteiger partial charge in [-0.2, -0.15) is 0 Å². The average molecular weight is 308 g/mol. The molecule has 0 unspecified atom stereocenters. The standard InChI is InChI=1S/C18H20N4O/c23-17(15-5-2-1-3-6-15)21-10-4-8-18(11-21)12-22(13-18)16-7-9-19-14-20-16/h1-3,5-7,9,14H,4,8,10-13H2. The lowest BCUT2D eigenvalue weighted by molar-refractivity contribution is 0.0417. The Hall–Kier alpha value is -2.43. The highest BCUT2D eigenvalue weighted by molar-refractivity contribution is 5.94. The molecule has 5 nitrogen and oxygen atoms in total. The molecule has 2 aliphatic rings. The van der Waals surface area contributed by atoms with Gasteiger partial charge in [-0.05, 0) is 31.0 Å². The minimum atomic E-state index is 0.158. The van der Waals surface area contributed by atoms with Gasteiger partial charge in [0.1, 0.15) is 12.1 Å². The van der Waals surface area contributed by atoms with E-state index in [9.17, 15) is 4.79 Å². The summed E-state index contributed by atoms with van der Waals surface area (Å²) in [6.45, 7) is 3.66. The highest BCUT2D eigenvalue weighted by Crippen LogP contribution is 2.40. The Bertz CT molecular complexity index is 683. The zero-order valence-corrected chi connectivity index (χ0v) is 13.1. The zero-order chi connectivity index (χ0) is 15.7. The predicted molar refractivity (Wildman–Crippen MR) is 88.3 cm³/mol. The minimum Gasteiger partial charge on any atom is -0.355 e. The van der Waals surface area contributed by atoms with Crippen molar-refractivity contribution in [3.63, 3.8) is 0 Å². The first kappa shape index (κ1) is 14.2. The third-order valence-corrected chi connectivity index (χ3v) is 4.91. The largest absolute Gasteiger partial charge is 0.355 e. The minimum absolute atomic E-state index is 0.158. The van der Waals surface area contributed by atoms with E-state index in [1.165, 1.54) is 6.42 Å². The van der Waals surface area contributed by atoms with Crippen LogP contribution in [0.3, 0.4) is 0 Å². The van der Waals surface area contributed by atoms with E-state index in [4.69, 9.17) is 0 Å². The van der Waals surface area contributed by atoms with Crippen molar-refractivity contribution in [1.29, 1.82) is 0 Å². The van der Waals surface area contributed by atoms with E-state index < -0.39 is 0 Å². The fourth-order valence-electron chi connectivity index (χ4n) is 3.80. The van der Waals surface area contributed by atoms with Crippen LogP contribution in [0.15, 0.2) is 48.9 Å². The maximum absolute atomic E-state index is 12.7. The number of benzene rings is 1. The molecule has 0 saturated carbocycles. The number of carbonyl (C=O) groups excluding carboxylic acids is 1. The molecular weight excluding hydrogens is 288 g/mol. The second-order valence-electron chi connectivity index (χ2n) is 6.62. The summed E-state index contributed by atoms with van der Waals surface area (Å²) >= 11 is 0. The molecule has 2 saturated heterocycles. The van der Waals surface area contributed by atoms with Gasteiger partial charge in [0, 0.05) is 43.4 Å². The Labute approximate surface area is 136 Å². The van der Waals surface area contributed by atoms with E-state index in [1.54, 1.807) is 12.5 Å². The number of carbonyl (C=O) groups is 1. The monoisotopic (exact) mass is 308 g/mol. The maximum atomic E-state index is 12.7. The predicted octanol–water partition coefficient (Wildman–Crippen LogP) is 2.22. The van der Waals surface area contributed by atoms with Crippen molar-refractivity contribution in [2.24, 2.45) is 5.41 Å². The summed E-state index contributed by atoms with van der Waals surface area (Å²) < 4.78 is 0. The van der Waals surface area contributed by atoms with Gasteiger partial charge in [-0.1, -0.05) is 18.2 Å². The number of hydrogen-bond donors (Lipinski definition) is 0. The number of anilines is 1. The molecule has 0 aliphatic carbocycles. The first-order valence-corrected chi connectivity index (χ1v) is 8.11. The van der Waals surface area contributed by atoms with Crippen molar-refractivity contribution in [2.75, 3.05) is 31.1 Å². The quantitative estimate of drug-likeness (QED) is 0.853. The van der Waals surface area contributed by atoms with Crippen LogP contribution in [0.25, 0.3) is 0 Å². The molecule has 0 N–H and O–H groups in total. The first-order chi connectivity index (χ1) is 11.3. The molecule has 1 aromatic heterocycles. The lowest BCUT2D eigenvalue weighted by Crippen LogP contribution is -2.63. The Morgan fingerprint density at radius 2 is 1.91 bits per heavy atom. The molecule has 2 fully saturated rings. The molecule has 1 spiro atoms. The van der Waals surface area contributed by atoms with E-state index in [0.717, 1.165) is 44.0 Å². The summed E-state index contributed by atoms with van der Waals surface area (Å²) in [7, 11) is 0. The van der Waals surface area contributed by atoms with Crippen LogP contribution >= 0.6 is 0 Å². The van der Waals surface area contributed by atoms with E-state index >= 15 is 0 Å². The topological polar surface area (TPSA) is 49.3 Å². The van der Waals surface area contributed by atoms with Crippen LogP contribution < -0.4 is 4.90 Å². The number of rotatable bonds is 2. The van der Waals surface area contributed by atoms with Gasteiger partial charge in [0.15, 0.2) is 0 Å². The van der Waals surface area contributed by atoms with Gasteiger partial charge in [-0.25, -0.2) is 9.97 Å². The fourth-order valence-corrected chi connectivity index (χ4v) is 3.80. The number of likely N-dealkylation sites (tertiary alicyclic amines) is 1. The van der Waals surface area contributed by atoms with Crippen molar-refractivity contribution in [3.05, 3.63) is 54.5 Å². The highest BCUT2D eigenvalue weighted by Gasteiger charge is 2.47. The molecule has 0 radical (unpaired) electrons. The number of nitrogens with zero attached hydrogens (tertiary/aromatic N) is 4. The summed E-state index contributed by atoms with van der Waals surface area (Å²) in [5.74, 6) is 1.14. The smallest absolute Gasteiger partial charge is 0.253 e. The number of piperidine rings is 1. The van der Waals surface area contributed by atoms with E-state index in [-0.39, 0.29) is 11.3 Å². The molecular formula is C18H20N4O. The van der Waals surface area contributed by atoms with Crippen molar-refractivity contribution in [1.82, 2.24) is 14.9 Å². The fraction of sp³-hybridized carbons (Fsp3) is 0.389. The molecule has 1 amide bonds. The molecule has 0 atom stereocenters. The van der Waals surface area contributed by atoms with Crippen LogP contribution in [0.4, 0.5) is 5.82 Å². The summed E-state index contributed by atoms with van der Waals surface area (Å²) in [6, 6.07) is 11.5. The van der Waals surface area contributed by atoms with Crippen LogP contribution in [0.1, 0.15) is 23.2 Å². The molecule has 23 heavy (non-hydrogen) atoms. The average Bonchev–Trinajstić information content (AvgIpc) is 2.60. The molecule has 2 aromatic rings. The number of aromatic nitrogens is 2. The van der Waals surface area contributed by atoms with Crippen molar-refractivity contribution in [2.45, 2.75) is 12.8 Å². The van der Waals surface area contributed by atoms with E-state index in [0.29, 0.717) is 0 Å². The van der Waals surface area contributed by atoms with Crippen molar-refractivity contribution in [3.8, 4) is 0 Å². The summed E-state index contributed by atoms with van der Waals surface area (Å²) in [4.78, 5) is 25.3. The van der Waals surface area contributed by atoms with Crippen molar-refractivity contribution < 1.29 is 4.79 Å². The zero-order valence-electron chi connectivity index (χ0n) is 13.1. The number of hydrogen-bond acceptors (Lipinski definition) is 4. The normalized spacial score (nSPS) is 19.5. The molecule has 5 heteroatoms. The Balaban J connectivity index is 1.44. The molecule has 2 aliphatic heterocycles. The first-order valence-electron chi connectivity index (χ1n) is 8.11. The van der Waals surface area contributed by atoms with Gasteiger partial charge in [-0.3, -0.25) is 4.79 Å². The Morgan fingerprint density at radius 3 is 2.65 bits per heavy atom. The van der Waals surface area contributed by atoms with Crippen LogP contribution in [-0.4, -0.2) is 47.0 Å².